The molecule has 50 heavy (non-hydrogen) atoms. The highest BCUT2D eigenvalue weighted by molar-refractivity contribution is 7.90. The Bertz CT molecular complexity index is 1710. The minimum atomic E-state index is -3.85. The van der Waals surface area contributed by atoms with Gasteiger partial charge in [0, 0.05) is 30.7 Å². The van der Waals surface area contributed by atoms with Gasteiger partial charge in [-0.3, -0.25) is 28.7 Å². The van der Waals surface area contributed by atoms with E-state index in [1.54, 1.807) is 51.1 Å². The van der Waals surface area contributed by atoms with Crippen molar-refractivity contribution in [3.63, 3.8) is 0 Å². The van der Waals surface area contributed by atoms with E-state index in [1.165, 1.54) is 4.90 Å². The molecule has 270 valence electrons. The first-order chi connectivity index (χ1) is 23.6. The largest absolute Gasteiger partial charge is 0.460 e. The van der Waals surface area contributed by atoms with Crippen LogP contribution in [0.4, 0.5) is 0 Å². The van der Waals surface area contributed by atoms with Crippen LogP contribution in [0, 0.1) is 17.3 Å². The van der Waals surface area contributed by atoms with Gasteiger partial charge >= 0.3 is 5.97 Å². The lowest BCUT2D eigenvalue weighted by atomic mass is 9.87. The number of hydrogen-bond donors (Lipinski definition) is 1. The van der Waals surface area contributed by atoms with Gasteiger partial charge in [0.1, 0.15) is 11.3 Å². The van der Waals surface area contributed by atoms with Crippen molar-refractivity contribution in [2.75, 3.05) is 6.54 Å². The highest BCUT2D eigenvalue weighted by Gasteiger charge is 2.63. The molecule has 5 unspecified atom stereocenters. The van der Waals surface area contributed by atoms with Crippen LogP contribution in [-0.2, 0) is 38.8 Å². The fourth-order valence-electron chi connectivity index (χ4n) is 7.53. The van der Waals surface area contributed by atoms with Gasteiger partial charge in [-0.25, -0.2) is 8.42 Å². The minimum Gasteiger partial charge on any atom is -0.460 e. The third-order valence-corrected chi connectivity index (χ3v) is 12.3. The molecule has 1 saturated heterocycles. The zero-order valence-electron chi connectivity index (χ0n) is 29.0. The number of Topliss-reactive ketones (excluding diaryl/α,β-unsaturated/α-hetero) is 2. The first-order valence-electron chi connectivity index (χ1n) is 17.7. The van der Waals surface area contributed by atoms with Crippen LogP contribution in [0.25, 0.3) is 0 Å². The Kier molecular flexibility index (Phi) is 9.84. The van der Waals surface area contributed by atoms with E-state index < -0.39 is 67.4 Å². The monoisotopic (exact) mass is 709 g/mol. The number of hydrogen-bond acceptors (Lipinski definition) is 10. The summed E-state index contributed by atoms with van der Waals surface area (Å²) in [6.07, 6.45) is 8.28. The molecular weight excluding hydrogens is 662 g/mol. The number of rotatable bonds is 7. The molecule has 13 heteroatoms. The summed E-state index contributed by atoms with van der Waals surface area (Å²) in [6, 6.07) is 7.61. The fourth-order valence-corrected chi connectivity index (χ4v) is 8.92. The maximum Gasteiger partial charge on any atom is 0.307 e. The molecule has 5 atom stereocenters. The summed E-state index contributed by atoms with van der Waals surface area (Å²) in [5, 5.41) is 3.54. The molecule has 6 rings (SSSR count). The second-order valence-electron chi connectivity index (χ2n) is 15.7. The van der Waals surface area contributed by atoms with E-state index in [4.69, 9.17) is 9.57 Å². The van der Waals surface area contributed by atoms with Crippen LogP contribution in [0.5, 0.6) is 0 Å². The second kappa shape index (κ2) is 13.7. The minimum absolute atomic E-state index is 0.0321. The molecule has 1 N–H and O–H groups in total. The molecule has 2 amide bonds. The molecule has 3 aliphatic heterocycles. The quantitative estimate of drug-likeness (QED) is 0.245. The van der Waals surface area contributed by atoms with E-state index in [-0.39, 0.29) is 49.6 Å². The molecule has 2 saturated carbocycles. The second-order valence-corrected chi connectivity index (χ2v) is 17.7. The average Bonchev–Trinajstić information content (AvgIpc) is 3.96. The molecule has 12 nitrogen and oxygen atoms in total. The number of carbonyl (C=O) groups excluding carboxylic acids is 5. The fraction of sp³-hybridized carbons (Fsp3) is 0.622. The first-order valence-corrected chi connectivity index (χ1v) is 19.3. The molecule has 0 bridgehead atoms. The maximum atomic E-state index is 14.5. The van der Waals surface area contributed by atoms with Gasteiger partial charge in [0.05, 0.1) is 29.7 Å². The summed E-state index contributed by atoms with van der Waals surface area (Å²) in [5.41, 5.74) is -2.56. The number of nitrogens with zero attached hydrogens (tertiary/aromatic N) is 2. The number of nitrogens with one attached hydrogen (secondary N) is 1. The van der Waals surface area contributed by atoms with Gasteiger partial charge < -0.3 is 14.5 Å². The van der Waals surface area contributed by atoms with E-state index in [0.29, 0.717) is 37.7 Å². The summed E-state index contributed by atoms with van der Waals surface area (Å²) in [4.78, 5) is 76.4. The van der Waals surface area contributed by atoms with Gasteiger partial charge in [0.2, 0.25) is 27.6 Å². The third kappa shape index (κ3) is 7.87. The number of benzene rings is 1. The van der Waals surface area contributed by atoms with Crippen molar-refractivity contribution in [1.82, 2.24) is 9.62 Å². The lowest BCUT2D eigenvalue weighted by molar-refractivity contribution is -0.159. The summed E-state index contributed by atoms with van der Waals surface area (Å²) in [6.45, 7) is 5.23. The molecule has 2 aliphatic carbocycles. The Hall–Kier alpha value is -3.87. The van der Waals surface area contributed by atoms with Crippen LogP contribution in [0.3, 0.4) is 0 Å². The number of fused-ring (bicyclic) bond motifs is 2. The van der Waals surface area contributed by atoms with Crippen LogP contribution in [0.2, 0.25) is 0 Å². The Morgan fingerprint density at radius 1 is 1.02 bits per heavy atom. The summed E-state index contributed by atoms with van der Waals surface area (Å²) in [5.74, 6) is -3.41. The topological polar surface area (TPSA) is 166 Å². The third-order valence-electron chi connectivity index (χ3n) is 10.4. The van der Waals surface area contributed by atoms with Crippen molar-refractivity contribution < 1.29 is 42.0 Å². The lowest BCUT2D eigenvalue weighted by Crippen LogP contribution is -2.47. The number of esters is 1. The number of oxime groups is 1. The molecule has 0 radical (unpaired) electrons. The van der Waals surface area contributed by atoms with Crippen LogP contribution in [0.15, 0.2) is 47.6 Å². The smallest absolute Gasteiger partial charge is 0.307 e. The maximum absolute atomic E-state index is 14.5. The number of amides is 2. The molecule has 5 aliphatic rings. The number of sulfonamides is 1. The van der Waals surface area contributed by atoms with Crippen LogP contribution in [-0.4, -0.2) is 77.4 Å². The molecule has 3 fully saturated rings. The van der Waals surface area contributed by atoms with Crippen LogP contribution >= 0.6 is 0 Å². The first kappa shape index (κ1) is 35.9. The molecule has 1 spiro atoms. The highest BCUT2D eigenvalue weighted by Crippen LogP contribution is 2.57. The van der Waals surface area contributed by atoms with E-state index in [9.17, 15) is 32.4 Å². The number of carbonyl (C=O) groups is 5. The predicted octanol–water partition coefficient (Wildman–Crippen LogP) is 4.43. The highest BCUT2D eigenvalue weighted by atomic mass is 32.2. The van der Waals surface area contributed by atoms with Gasteiger partial charge in [-0.15, -0.1) is 0 Å². The Morgan fingerprint density at radius 2 is 1.76 bits per heavy atom. The van der Waals surface area contributed by atoms with E-state index in [0.717, 1.165) is 19.3 Å². The van der Waals surface area contributed by atoms with Crippen LogP contribution in [0.1, 0.15) is 108 Å². The van der Waals surface area contributed by atoms with Crippen molar-refractivity contribution in [3.05, 3.63) is 48.0 Å². The molecular formula is C37H47N3O9S. The summed E-state index contributed by atoms with van der Waals surface area (Å²) in [7, 11) is -3.85. The van der Waals surface area contributed by atoms with Gasteiger partial charge in [-0.05, 0) is 65.2 Å². The SMILES string of the molecule is CC(C)(C)OC(=O)CC1CCCCC/C=C\C2CC2(C(=O)NS(=O)(=O)C2CC2)CC(=O)C2CC3(CC(C(=O)c4ccccc4)=NO3)CN2C1=O. The molecule has 1 aromatic rings. The van der Waals surface area contributed by atoms with Crippen molar-refractivity contribution >= 4 is 45.1 Å². The van der Waals surface area contributed by atoms with Crippen molar-refractivity contribution in [2.45, 2.75) is 120 Å². The van der Waals surface area contributed by atoms with Crippen LogP contribution < -0.4 is 4.72 Å². The Balaban J connectivity index is 1.30. The van der Waals surface area contributed by atoms with E-state index in [1.807, 2.05) is 12.2 Å². The van der Waals surface area contributed by atoms with Crippen molar-refractivity contribution in [2.24, 2.45) is 22.4 Å². The predicted molar refractivity (Wildman–Crippen MR) is 183 cm³/mol. The van der Waals surface area contributed by atoms with E-state index >= 15 is 0 Å². The average molecular weight is 710 g/mol. The Morgan fingerprint density at radius 3 is 2.46 bits per heavy atom. The summed E-state index contributed by atoms with van der Waals surface area (Å²) < 4.78 is 33.4. The number of allylic oxidation sites excluding steroid dienone is 2. The Labute approximate surface area is 293 Å². The lowest BCUT2D eigenvalue weighted by Gasteiger charge is -2.29. The van der Waals surface area contributed by atoms with Gasteiger partial charge in [0.25, 0.3) is 0 Å². The van der Waals surface area contributed by atoms with Gasteiger partial charge in [-0.2, -0.15) is 0 Å². The molecule has 3 heterocycles. The van der Waals surface area contributed by atoms with Gasteiger partial charge in [0.15, 0.2) is 11.4 Å². The molecule has 0 aromatic heterocycles. The van der Waals surface area contributed by atoms with Crippen molar-refractivity contribution in [3.8, 4) is 0 Å². The number of ether oxygens (including phenoxy) is 1. The van der Waals surface area contributed by atoms with Crippen molar-refractivity contribution in [1.29, 1.82) is 0 Å². The summed E-state index contributed by atoms with van der Waals surface area (Å²) >= 11 is 0. The number of ketones is 2. The normalized spacial score (nSPS) is 31.0. The van der Waals surface area contributed by atoms with E-state index in [2.05, 4.69) is 9.88 Å². The van der Waals surface area contributed by atoms with Gasteiger partial charge in [-0.1, -0.05) is 60.5 Å². The zero-order valence-corrected chi connectivity index (χ0v) is 29.8. The zero-order chi connectivity index (χ0) is 35.9. The standard InChI is InChI=1S/C37H47N3O9S/c1-35(2,3)48-31(42)18-25-14-8-5-4-6-11-15-26-19-37(26,34(45)39-50(46,47)27-16-17-27)22-30(41)29-21-36(23-40(29)33(25)44)20-28(38-49-36)32(43)24-12-9-7-10-13-24/h7,9-13,15,25-27,29H,4-6,8,14,16-23H2,1-3H3,(H,39,45)/b15-11-. The molecule has 1 aromatic carbocycles.